The number of hydrogen-bond donors (Lipinski definition) is 1. The van der Waals surface area contributed by atoms with Crippen molar-refractivity contribution in [2.75, 3.05) is 27.4 Å². The van der Waals surface area contributed by atoms with Crippen molar-refractivity contribution in [3.05, 3.63) is 29.8 Å². The zero-order valence-electron chi connectivity index (χ0n) is 10.4. The second kappa shape index (κ2) is 7.34. The molecule has 0 saturated heterocycles. The van der Waals surface area contributed by atoms with Crippen LogP contribution in [0.25, 0.3) is 6.08 Å². The molecule has 1 aromatic rings. The molecule has 0 aliphatic heterocycles. The summed E-state index contributed by atoms with van der Waals surface area (Å²) >= 11 is 0. The van der Waals surface area contributed by atoms with Gasteiger partial charge in [0.1, 0.15) is 6.61 Å². The van der Waals surface area contributed by atoms with Crippen LogP contribution in [0.5, 0.6) is 11.5 Å². The van der Waals surface area contributed by atoms with E-state index in [4.69, 9.17) is 19.3 Å². The zero-order chi connectivity index (χ0) is 13.4. The number of carboxylic acid groups (broad SMARTS) is 1. The molecule has 0 aliphatic rings. The summed E-state index contributed by atoms with van der Waals surface area (Å²) in [5, 5.41) is 8.56. The van der Waals surface area contributed by atoms with Crippen LogP contribution in [0.15, 0.2) is 24.3 Å². The van der Waals surface area contributed by atoms with Crippen LogP contribution in [-0.2, 0) is 9.53 Å². The fraction of sp³-hybridized carbons (Fsp3) is 0.308. The first-order valence-corrected chi connectivity index (χ1v) is 5.38. The summed E-state index contributed by atoms with van der Waals surface area (Å²) in [7, 11) is 3.14. The molecule has 1 aromatic carbocycles. The van der Waals surface area contributed by atoms with E-state index in [1.165, 1.54) is 6.08 Å². The lowest BCUT2D eigenvalue weighted by Crippen LogP contribution is -2.05. The van der Waals surface area contributed by atoms with E-state index in [0.717, 1.165) is 11.6 Å². The monoisotopic (exact) mass is 252 g/mol. The average molecular weight is 252 g/mol. The molecule has 0 aliphatic carbocycles. The molecule has 0 unspecified atom stereocenters. The first-order chi connectivity index (χ1) is 8.67. The van der Waals surface area contributed by atoms with Gasteiger partial charge in [-0.1, -0.05) is 6.07 Å². The van der Waals surface area contributed by atoms with Gasteiger partial charge in [-0.25, -0.2) is 4.79 Å². The van der Waals surface area contributed by atoms with Gasteiger partial charge in [-0.3, -0.25) is 0 Å². The third-order valence-corrected chi connectivity index (χ3v) is 2.15. The number of aliphatic carboxylic acids is 1. The summed E-state index contributed by atoms with van der Waals surface area (Å²) in [4.78, 5) is 10.4. The molecule has 1 rings (SSSR count). The molecule has 0 heterocycles. The molecule has 18 heavy (non-hydrogen) atoms. The molecular formula is C13H16O5. The molecule has 5 heteroatoms. The highest BCUT2D eigenvalue weighted by atomic mass is 16.5. The summed E-state index contributed by atoms with van der Waals surface area (Å²) in [5.74, 6) is 0.160. The van der Waals surface area contributed by atoms with Crippen molar-refractivity contribution in [2.24, 2.45) is 0 Å². The predicted octanol–water partition coefficient (Wildman–Crippen LogP) is 1.82. The van der Waals surface area contributed by atoms with Gasteiger partial charge in [0.25, 0.3) is 0 Å². The summed E-state index contributed by atoms with van der Waals surface area (Å²) in [6, 6.07) is 5.19. The van der Waals surface area contributed by atoms with Crippen LogP contribution in [0.2, 0.25) is 0 Å². The maximum absolute atomic E-state index is 10.4. The van der Waals surface area contributed by atoms with Gasteiger partial charge in [-0.2, -0.15) is 0 Å². The fourth-order valence-corrected chi connectivity index (χ4v) is 1.31. The van der Waals surface area contributed by atoms with Crippen molar-refractivity contribution in [3.8, 4) is 11.5 Å². The van der Waals surface area contributed by atoms with E-state index in [-0.39, 0.29) is 0 Å². The van der Waals surface area contributed by atoms with E-state index >= 15 is 0 Å². The van der Waals surface area contributed by atoms with Crippen molar-refractivity contribution >= 4 is 12.0 Å². The molecule has 0 radical (unpaired) electrons. The smallest absolute Gasteiger partial charge is 0.328 e. The summed E-state index contributed by atoms with van der Waals surface area (Å²) < 4.78 is 15.5. The van der Waals surface area contributed by atoms with Crippen LogP contribution < -0.4 is 9.47 Å². The van der Waals surface area contributed by atoms with Gasteiger partial charge in [-0.15, -0.1) is 0 Å². The Morgan fingerprint density at radius 3 is 2.67 bits per heavy atom. The second-order valence-corrected chi connectivity index (χ2v) is 3.42. The molecule has 0 aromatic heterocycles. The normalized spacial score (nSPS) is 10.6. The highest BCUT2D eigenvalue weighted by Gasteiger charge is 2.04. The number of benzene rings is 1. The molecule has 0 bridgehead atoms. The number of ether oxygens (including phenoxy) is 3. The number of methoxy groups -OCH3 is 2. The average Bonchev–Trinajstić information content (AvgIpc) is 2.37. The van der Waals surface area contributed by atoms with Gasteiger partial charge in [0.05, 0.1) is 13.7 Å². The Morgan fingerprint density at radius 2 is 2.06 bits per heavy atom. The van der Waals surface area contributed by atoms with Crippen molar-refractivity contribution in [3.63, 3.8) is 0 Å². The minimum absolute atomic E-state index is 0.402. The van der Waals surface area contributed by atoms with Gasteiger partial charge < -0.3 is 19.3 Å². The molecule has 98 valence electrons. The lowest BCUT2D eigenvalue weighted by Gasteiger charge is -2.10. The number of hydrogen-bond acceptors (Lipinski definition) is 4. The molecular weight excluding hydrogens is 236 g/mol. The lowest BCUT2D eigenvalue weighted by molar-refractivity contribution is -0.131. The van der Waals surface area contributed by atoms with Crippen LogP contribution in [0.3, 0.4) is 0 Å². The molecule has 0 amide bonds. The Bertz CT molecular complexity index is 425. The second-order valence-electron chi connectivity index (χ2n) is 3.42. The minimum atomic E-state index is -0.993. The molecule has 0 saturated carbocycles. The Morgan fingerprint density at radius 1 is 1.28 bits per heavy atom. The first-order valence-electron chi connectivity index (χ1n) is 5.38. The van der Waals surface area contributed by atoms with E-state index in [2.05, 4.69) is 0 Å². The van der Waals surface area contributed by atoms with Crippen LogP contribution >= 0.6 is 0 Å². The predicted molar refractivity (Wildman–Crippen MR) is 67.0 cm³/mol. The van der Waals surface area contributed by atoms with Gasteiger partial charge in [-0.05, 0) is 23.8 Å². The quantitative estimate of drug-likeness (QED) is 0.592. The molecule has 0 fully saturated rings. The maximum Gasteiger partial charge on any atom is 0.328 e. The van der Waals surface area contributed by atoms with E-state index < -0.39 is 5.97 Å². The van der Waals surface area contributed by atoms with Crippen molar-refractivity contribution < 1.29 is 24.1 Å². The third kappa shape index (κ3) is 4.47. The third-order valence-electron chi connectivity index (χ3n) is 2.15. The number of carboxylic acids is 1. The van der Waals surface area contributed by atoms with Crippen molar-refractivity contribution in [2.45, 2.75) is 0 Å². The summed E-state index contributed by atoms with van der Waals surface area (Å²) in [6.45, 7) is 0.872. The Hall–Kier alpha value is -2.01. The topological polar surface area (TPSA) is 65.0 Å². The molecule has 0 spiro atoms. The first kappa shape index (κ1) is 14.1. The molecule has 0 atom stereocenters. The highest BCUT2D eigenvalue weighted by Crippen LogP contribution is 2.28. The van der Waals surface area contributed by atoms with Gasteiger partial charge in [0.2, 0.25) is 0 Å². The van der Waals surface area contributed by atoms with Gasteiger partial charge in [0.15, 0.2) is 11.5 Å². The largest absolute Gasteiger partial charge is 0.493 e. The SMILES string of the molecule is COCCOc1cc(/C=C/C(=O)O)ccc1OC. The van der Waals surface area contributed by atoms with Crippen LogP contribution in [-0.4, -0.2) is 38.5 Å². The summed E-state index contributed by atoms with van der Waals surface area (Å²) in [5.41, 5.74) is 0.727. The van der Waals surface area contributed by atoms with Crippen molar-refractivity contribution in [1.29, 1.82) is 0 Å². The Kier molecular flexibility index (Phi) is 5.73. The Labute approximate surface area is 106 Å². The van der Waals surface area contributed by atoms with E-state index in [0.29, 0.717) is 24.7 Å². The standard InChI is InChI=1S/C13H16O5/c1-16-7-8-18-12-9-10(4-6-13(14)15)3-5-11(12)17-2/h3-6,9H,7-8H2,1-2H3,(H,14,15)/b6-4+. The lowest BCUT2D eigenvalue weighted by atomic mass is 10.2. The maximum atomic E-state index is 10.4. The fourth-order valence-electron chi connectivity index (χ4n) is 1.31. The van der Waals surface area contributed by atoms with E-state index in [9.17, 15) is 4.79 Å². The summed E-state index contributed by atoms with van der Waals surface area (Å²) in [6.07, 6.45) is 2.56. The number of carbonyl (C=O) groups is 1. The van der Waals surface area contributed by atoms with Gasteiger partial charge >= 0.3 is 5.97 Å². The van der Waals surface area contributed by atoms with Crippen molar-refractivity contribution in [1.82, 2.24) is 0 Å². The molecule has 5 nitrogen and oxygen atoms in total. The van der Waals surface area contributed by atoms with Gasteiger partial charge in [0, 0.05) is 13.2 Å². The van der Waals surface area contributed by atoms with E-state index in [1.54, 1.807) is 32.4 Å². The highest BCUT2D eigenvalue weighted by molar-refractivity contribution is 5.85. The number of rotatable bonds is 7. The van der Waals surface area contributed by atoms with Crippen LogP contribution in [0.4, 0.5) is 0 Å². The van der Waals surface area contributed by atoms with Crippen LogP contribution in [0, 0.1) is 0 Å². The Balaban J connectivity index is 2.83. The molecule has 1 N–H and O–H groups in total. The minimum Gasteiger partial charge on any atom is -0.493 e. The zero-order valence-corrected chi connectivity index (χ0v) is 10.4. The van der Waals surface area contributed by atoms with E-state index in [1.807, 2.05) is 0 Å². The van der Waals surface area contributed by atoms with Crippen LogP contribution in [0.1, 0.15) is 5.56 Å².